The molecule has 0 atom stereocenters. The van der Waals surface area contributed by atoms with Crippen molar-refractivity contribution >= 4 is 33.4 Å². The third kappa shape index (κ3) is 5.44. The summed E-state index contributed by atoms with van der Waals surface area (Å²) in [4.78, 5) is 38.2. The van der Waals surface area contributed by atoms with E-state index in [0.717, 1.165) is 10.5 Å². The van der Waals surface area contributed by atoms with Gasteiger partial charge in [0, 0.05) is 25.2 Å². The van der Waals surface area contributed by atoms with E-state index in [2.05, 4.69) is 16.6 Å². The predicted octanol–water partition coefficient (Wildman–Crippen LogP) is 2.23. The molecule has 31 heavy (non-hydrogen) atoms. The molecule has 0 spiro atoms. The minimum Gasteiger partial charge on any atom is -0.326 e. The molecule has 3 amide bonds. The van der Waals surface area contributed by atoms with Crippen molar-refractivity contribution in [1.82, 2.24) is 9.62 Å². The number of carbonyl (C=O) groups is 3. The summed E-state index contributed by atoms with van der Waals surface area (Å²) in [6, 6.07) is 11.5. The number of hydrogen-bond acceptors (Lipinski definition) is 5. The van der Waals surface area contributed by atoms with Crippen molar-refractivity contribution in [3.8, 4) is 0 Å². The van der Waals surface area contributed by atoms with Crippen LogP contribution in [0.3, 0.4) is 0 Å². The van der Waals surface area contributed by atoms with E-state index < -0.39 is 21.8 Å². The van der Waals surface area contributed by atoms with E-state index >= 15 is 0 Å². The van der Waals surface area contributed by atoms with E-state index in [4.69, 9.17) is 0 Å². The van der Waals surface area contributed by atoms with Gasteiger partial charge in [-0.2, -0.15) is 0 Å². The minimum atomic E-state index is -3.46. The quantitative estimate of drug-likeness (QED) is 0.458. The first kappa shape index (κ1) is 22.4. The molecule has 9 heteroatoms. The molecule has 0 bridgehead atoms. The molecule has 2 aromatic rings. The molecule has 0 saturated heterocycles. The number of aryl methyl sites for hydroxylation is 1. The summed E-state index contributed by atoms with van der Waals surface area (Å²) in [6.45, 7) is 5.44. The van der Waals surface area contributed by atoms with E-state index in [9.17, 15) is 22.8 Å². The van der Waals surface area contributed by atoms with Crippen LogP contribution in [-0.4, -0.2) is 44.1 Å². The van der Waals surface area contributed by atoms with Crippen LogP contribution in [0.2, 0.25) is 0 Å². The Bertz CT molecular complexity index is 1140. The third-order valence-electron chi connectivity index (χ3n) is 4.73. The fraction of sp³-hybridized carbons (Fsp3) is 0.227. The molecular formula is C22H23N3O5S. The van der Waals surface area contributed by atoms with Crippen molar-refractivity contribution in [3.05, 3.63) is 77.4 Å². The second kappa shape index (κ2) is 9.23. The molecule has 3 rings (SSSR count). The van der Waals surface area contributed by atoms with Gasteiger partial charge in [0.05, 0.1) is 16.9 Å². The van der Waals surface area contributed by atoms with Gasteiger partial charge >= 0.3 is 0 Å². The second-order valence-corrected chi connectivity index (χ2v) is 9.01. The average molecular weight is 442 g/mol. The molecule has 162 valence electrons. The molecule has 1 aliphatic heterocycles. The zero-order valence-electron chi connectivity index (χ0n) is 17.1. The Hall–Kier alpha value is -3.30. The number of hydrogen-bond donors (Lipinski definition) is 2. The van der Waals surface area contributed by atoms with Gasteiger partial charge in [0.1, 0.15) is 0 Å². The molecule has 2 N–H and O–H groups in total. The van der Waals surface area contributed by atoms with Crippen molar-refractivity contribution in [3.63, 3.8) is 0 Å². The zero-order chi connectivity index (χ0) is 22.6. The lowest BCUT2D eigenvalue weighted by Crippen LogP contribution is -2.32. The van der Waals surface area contributed by atoms with Crippen LogP contribution in [0.4, 0.5) is 5.69 Å². The molecule has 8 nitrogen and oxygen atoms in total. The van der Waals surface area contributed by atoms with Crippen LogP contribution in [-0.2, 0) is 20.6 Å². The second-order valence-electron chi connectivity index (χ2n) is 7.20. The highest BCUT2D eigenvalue weighted by Gasteiger charge is 2.35. The van der Waals surface area contributed by atoms with Gasteiger partial charge in [-0.05, 0) is 36.8 Å². The number of amides is 3. The number of anilines is 1. The van der Waals surface area contributed by atoms with Crippen LogP contribution >= 0.6 is 0 Å². The first-order valence-electron chi connectivity index (χ1n) is 9.64. The molecule has 0 aromatic heterocycles. The van der Waals surface area contributed by atoms with Crippen molar-refractivity contribution in [1.29, 1.82) is 0 Å². The van der Waals surface area contributed by atoms with Gasteiger partial charge in [0.15, 0.2) is 0 Å². The Labute approximate surface area is 181 Å². The Morgan fingerprint density at radius 2 is 1.74 bits per heavy atom. The Morgan fingerprint density at radius 1 is 1.06 bits per heavy atom. The summed E-state index contributed by atoms with van der Waals surface area (Å²) in [7, 11) is -3.46. The smallest absolute Gasteiger partial charge is 0.261 e. The molecule has 0 aliphatic carbocycles. The van der Waals surface area contributed by atoms with Crippen LogP contribution in [0.25, 0.3) is 0 Å². The van der Waals surface area contributed by atoms with E-state index in [1.165, 1.54) is 6.08 Å². The van der Waals surface area contributed by atoms with Gasteiger partial charge in [-0.15, -0.1) is 6.58 Å². The number of carbonyl (C=O) groups excluding carboxylic acids is 3. The average Bonchev–Trinajstić information content (AvgIpc) is 2.95. The number of rotatable bonds is 9. The van der Waals surface area contributed by atoms with Gasteiger partial charge in [0.25, 0.3) is 11.8 Å². The SMILES string of the molecule is C=CCNS(=O)(=O)Cc1ccc(NC(=O)CCN2C(=O)c3ccc(C)cc3C2=O)cc1. The van der Waals surface area contributed by atoms with Crippen molar-refractivity contribution in [2.45, 2.75) is 19.1 Å². The van der Waals surface area contributed by atoms with Gasteiger partial charge in [0.2, 0.25) is 15.9 Å². The van der Waals surface area contributed by atoms with E-state index in [1.54, 1.807) is 42.5 Å². The number of nitrogens with one attached hydrogen (secondary N) is 2. The molecular weight excluding hydrogens is 418 g/mol. The Balaban J connectivity index is 1.54. The highest BCUT2D eigenvalue weighted by Crippen LogP contribution is 2.24. The van der Waals surface area contributed by atoms with Gasteiger partial charge in [-0.1, -0.05) is 29.8 Å². The van der Waals surface area contributed by atoms with Gasteiger partial charge < -0.3 is 5.32 Å². The number of imide groups is 1. The maximum absolute atomic E-state index is 12.5. The lowest BCUT2D eigenvalue weighted by molar-refractivity contribution is -0.116. The fourth-order valence-corrected chi connectivity index (χ4v) is 4.29. The summed E-state index contributed by atoms with van der Waals surface area (Å²) < 4.78 is 26.2. The maximum atomic E-state index is 12.5. The molecule has 1 heterocycles. The molecule has 0 unspecified atom stereocenters. The molecule has 2 aromatic carbocycles. The number of benzene rings is 2. The summed E-state index contributed by atoms with van der Waals surface area (Å²) >= 11 is 0. The van der Waals surface area contributed by atoms with Crippen LogP contribution in [0.5, 0.6) is 0 Å². The molecule has 0 saturated carbocycles. The third-order valence-corrected chi connectivity index (χ3v) is 6.05. The van der Waals surface area contributed by atoms with E-state index in [0.29, 0.717) is 22.4 Å². The first-order chi connectivity index (χ1) is 14.7. The summed E-state index contributed by atoms with van der Waals surface area (Å²) in [6.07, 6.45) is 1.41. The number of nitrogens with zero attached hydrogens (tertiary/aromatic N) is 1. The van der Waals surface area contributed by atoms with Crippen LogP contribution in [0, 0.1) is 6.92 Å². The van der Waals surface area contributed by atoms with Crippen LogP contribution in [0.15, 0.2) is 55.1 Å². The lowest BCUT2D eigenvalue weighted by Gasteiger charge is -2.13. The van der Waals surface area contributed by atoms with E-state index in [1.807, 2.05) is 6.92 Å². The number of sulfonamides is 1. The largest absolute Gasteiger partial charge is 0.326 e. The fourth-order valence-electron chi connectivity index (χ4n) is 3.19. The Kier molecular flexibility index (Phi) is 6.67. The van der Waals surface area contributed by atoms with Crippen molar-refractivity contribution < 1.29 is 22.8 Å². The molecule has 0 radical (unpaired) electrons. The minimum absolute atomic E-state index is 0.0253. The summed E-state index contributed by atoms with van der Waals surface area (Å²) in [5.74, 6) is -1.34. The lowest BCUT2D eigenvalue weighted by atomic mass is 10.1. The monoisotopic (exact) mass is 441 g/mol. The van der Waals surface area contributed by atoms with Gasteiger partial charge in [-0.3, -0.25) is 19.3 Å². The topological polar surface area (TPSA) is 113 Å². The number of fused-ring (bicyclic) bond motifs is 1. The maximum Gasteiger partial charge on any atom is 0.261 e. The Morgan fingerprint density at radius 3 is 2.42 bits per heavy atom. The van der Waals surface area contributed by atoms with E-state index in [-0.39, 0.29) is 31.2 Å². The zero-order valence-corrected chi connectivity index (χ0v) is 17.9. The normalized spacial score (nSPS) is 13.3. The van der Waals surface area contributed by atoms with Crippen LogP contribution < -0.4 is 10.0 Å². The van der Waals surface area contributed by atoms with Crippen LogP contribution in [0.1, 0.15) is 38.3 Å². The summed E-state index contributed by atoms with van der Waals surface area (Å²) in [5.41, 5.74) is 2.65. The molecule has 0 fully saturated rings. The molecule has 1 aliphatic rings. The standard InChI is InChI=1S/C22H23N3O5S/c1-3-11-23-31(29,30)14-16-5-7-17(8-6-16)24-20(26)10-12-25-21(27)18-9-4-15(2)13-19(18)22(25)28/h3-9,13,23H,1,10-12,14H2,2H3,(H,24,26). The highest BCUT2D eigenvalue weighted by molar-refractivity contribution is 7.88. The predicted molar refractivity (Wildman–Crippen MR) is 117 cm³/mol. The van der Waals surface area contributed by atoms with Gasteiger partial charge in [-0.25, -0.2) is 13.1 Å². The van der Waals surface area contributed by atoms with Crippen molar-refractivity contribution in [2.75, 3.05) is 18.4 Å². The van der Waals surface area contributed by atoms with Crippen molar-refractivity contribution in [2.24, 2.45) is 0 Å². The highest BCUT2D eigenvalue weighted by atomic mass is 32.2. The first-order valence-corrected chi connectivity index (χ1v) is 11.3. The summed E-state index contributed by atoms with van der Waals surface area (Å²) in [5, 5.41) is 2.68.